The van der Waals surface area contributed by atoms with E-state index in [1.165, 1.54) is 17.5 Å². The first kappa shape index (κ1) is 12.3. The Balaban J connectivity index is 1.69. The summed E-state index contributed by atoms with van der Waals surface area (Å²) in [5, 5.41) is 10.3. The second-order valence-electron chi connectivity index (χ2n) is 4.95. The fourth-order valence-corrected chi connectivity index (χ4v) is 2.59. The smallest absolute Gasteiger partial charge is 0.269 e. The number of nitrogens with zero attached hydrogens (tertiary/aromatic N) is 3. The molecule has 0 spiro atoms. The normalized spacial score (nSPS) is 14.6. The monoisotopic (exact) mass is 276 g/mol. The zero-order chi connectivity index (χ0) is 13.2. The van der Waals surface area contributed by atoms with Crippen molar-refractivity contribution in [2.24, 2.45) is 5.92 Å². The molecule has 3 rings (SSSR count). The third-order valence-corrected chi connectivity index (χ3v) is 4.06. The predicted molar refractivity (Wildman–Crippen MR) is 75.7 cm³/mol. The maximum atomic E-state index is 11.9. The molecule has 1 N–H and O–H groups in total. The number of hydrogen-bond acceptors (Lipinski definition) is 5. The van der Waals surface area contributed by atoms with E-state index in [-0.39, 0.29) is 5.56 Å². The van der Waals surface area contributed by atoms with Crippen LogP contribution >= 0.6 is 11.3 Å². The molecule has 0 aromatic carbocycles. The molecule has 0 aliphatic heterocycles. The summed E-state index contributed by atoms with van der Waals surface area (Å²) < 4.78 is 1.45. The van der Waals surface area contributed by atoms with Crippen molar-refractivity contribution in [3.05, 3.63) is 38.7 Å². The van der Waals surface area contributed by atoms with E-state index in [1.807, 2.05) is 12.3 Å². The van der Waals surface area contributed by atoms with E-state index in [0.717, 1.165) is 28.9 Å². The standard InChI is InChI=1S/C13H16N4OS/c1-9-8-19-12(16-9)7-17-13(18)4-11(6-15-17)14-5-10-2-3-10/h4,6,8,10,14H,2-3,5,7H2,1H3. The predicted octanol–water partition coefficient (Wildman–Crippen LogP) is 1.88. The van der Waals surface area contributed by atoms with Crippen molar-refractivity contribution in [3.63, 3.8) is 0 Å². The van der Waals surface area contributed by atoms with Gasteiger partial charge in [-0.15, -0.1) is 11.3 Å². The van der Waals surface area contributed by atoms with E-state index in [2.05, 4.69) is 15.4 Å². The highest BCUT2D eigenvalue weighted by Gasteiger charge is 2.20. The molecule has 0 radical (unpaired) electrons. The summed E-state index contributed by atoms with van der Waals surface area (Å²) in [5.41, 5.74) is 1.70. The van der Waals surface area contributed by atoms with Gasteiger partial charge in [0.1, 0.15) is 5.01 Å². The Morgan fingerprint density at radius 3 is 3.00 bits per heavy atom. The molecule has 1 fully saturated rings. The Bertz CT molecular complexity index is 630. The SMILES string of the molecule is Cc1csc(Cn2ncc(NCC3CC3)cc2=O)n1. The first-order valence-electron chi connectivity index (χ1n) is 6.43. The van der Waals surface area contributed by atoms with Crippen LogP contribution in [-0.4, -0.2) is 21.3 Å². The van der Waals surface area contributed by atoms with Gasteiger partial charge in [-0.05, 0) is 25.7 Å². The molecule has 0 unspecified atom stereocenters. The van der Waals surface area contributed by atoms with E-state index in [1.54, 1.807) is 23.6 Å². The van der Waals surface area contributed by atoms with Gasteiger partial charge in [-0.3, -0.25) is 4.79 Å². The minimum atomic E-state index is -0.0892. The molecule has 2 aromatic rings. The number of thiazole rings is 1. The summed E-state index contributed by atoms with van der Waals surface area (Å²) >= 11 is 1.55. The molecule has 0 atom stereocenters. The number of hydrogen-bond donors (Lipinski definition) is 1. The van der Waals surface area contributed by atoms with Crippen LogP contribution in [0.15, 0.2) is 22.4 Å². The van der Waals surface area contributed by atoms with Crippen LogP contribution in [-0.2, 0) is 6.54 Å². The highest BCUT2D eigenvalue weighted by molar-refractivity contribution is 7.09. The van der Waals surface area contributed by atoms with Crippen molar-refractivity contribution in [1.82, 2.24) is 14.8 Å². The zero-order valence-electron chi connectivity index (χ0n) is 10.8. The van der Waals surface area contributed by atoms with E-state index < -0.39 is 0 Å². The van der Waals surface area contributed by atoms with Gasteiger partial charge in [0.2, 0.25) is 0 Å². The van der Waals surface area contributed by atoms with Crippen LogP contribution < -0.4 is 10.9 Å². The molecule has 100 valence electrons. The maximum absolute atomic E-state index is 11.9. The summed E-state index contributed by atoms with van der Waals surface area (Å²) in [6, 6.07) is 1.61. The van der Waals surface area contributed by atoms with Gasteiger partial charge < -0.3 is 5.32 Å². The fraction of sp³-hybridized carbons (Fsp3) is 0.462. The van der Waals surface area contributed by atoms with Crippen LogP contribution in [0.4, 0.5) is 5.69 Å². The summed E-state index contributed by atoms with van der Waals surface area (Å²) in [7, 11) is 0. The number of aryl methyl sites for hydroxylation is 1. The minimum Gasteiger partial charge on any atom is -0.383 e. The zero-order valence-corrected chi connectivity index (χ0v) is 11.6. The van der Waals surface area contributed by atoms with E-state index in [0.29, 0.717) is 6.54 Å². The number of rotatable bonds is 5. The second-order valence-corrected chi connectivity index (χ2v) is 5.89. The molecule has 1 aliphatic rings. The molecule has 0 bridgehead atoms. The van der Waals surface area contributed by atoms with Crippen molar-refractivity contribution < 1.29 is 0 Å². The molecule has 2 aromatic heterocycles. The van der Waals surface area contributed by atoms with Crippen molar-refractivity contribution >= 4 is 17.0 Å². The maximum Gasteiger partial charge on any atom is 0.269 e. The third kappa shape index (κ3) is 3.20. The van der Waals surface area contributed by atoms with Crippen molar-refractivity contribution in [3.8, 4) is 0 Å². The fourth-order valence-electron chi connectivity index (χ4n) is 1.84. The quantitative estimate of drug-likeness (QED) is 0.906. The van der Waals surface area contributed by atoms with E-state index in [4.69, 9.17) is 0 Å². The molecule has 19 heavy (non-hydrogen) atoms. The van der Waals surface area contributed by atoms with Gasteiger partial charge >= 0.3 is 0 Å². The summed E-state index contributed by atoms with van der Waals surface area (Å²) in [4.78, 5) is 16.3. The van der Waals surface area contributed by atoms with Crippen LogP contribution in [0.1, 0.15) is 23.5 Å². The van der Waals surface area contributed by atoms with Crippen LogP contribution in [0.3, 0.4) is 0 Å². The largest absolute Gasteiger partial charge is 0.383 e. The lowest BCUT2D eigenvalue weighted by Crippen LogP contribution is -2.23. The Labute approximate surface area is 115 Å². The number of nitrogens with one attached hydrogen (secondary N) is 1. The molecule has 1 aliphatic carbocycles. The first-order valence-corrected chi connectivity index (χ1v) is 7.31. The molecule has 5 nitrogen and oxygen atoms in total. The average molecular weight is 276 g/mol. The molecule has 2 heterocycles. The Morgan fingerprint density at radius 1 is 1.53 bits per heavy atom. The summed E-state index contributed by atoms with van der Waals surface area (Å²) in [5.74, 6) is 0.778. The van der Waals surface area contributed by atoms with Gasteiger partial charge in [-0.1, -0.05) is 0 Å². The highest BCUT2D eigenvalue weighted by Crippen LogP contribution is 2.28. The average Bonchev–Trinajstić information content (AvgIpc) is 3.13. The highest BCUT2D eigenvalue weighted by atomic mass is 32.1. The second kappa shape index (κ2) is 5.13. The summed E-state index contributed by atoms with van der Waals surface area (Å²) in [6.45, 7) is 3.33. The molecule has 6 heteroatoms. The van der Waals surface area contributed by atoms with Crippen molar-refractivity contribution in [2.45, 2.75) is 26.3 Å². The van der Waals surface area contributed by atoms with Crippen LogP contribution in [0.25, 0.3) is 0 Å². The van der Waals surface area contributed by atoms with Gasteiger partial charge in [0.25, 0.3) is 5.56 Å². The molecular weight excluding hydrogens is 260 g/mol. The summed E-state index contributed by atoms with van der Waals surface area (Å²) in [6.07, 6.45) is 4.30. The van der Waals surface area contributed by atoms with Crippen LogP contribution in [0.2, 0.25) is 0 Å². The van der Waals surface area contributed by atoms with Crippen molar-refractivity contribution in [2.75, 3.05) is 11.9 Å². The number of anilines is 1. The van der Waals surface area contributed by atoms with Gasteiger partial charge in [0, 0.05) is 23.7 Å². The lowest BCUT2D eigenvalue weighted by Gasteiger charge is -2.06. The third-order valence-electron chi connectivity index (χ3n) is 3.11. The van der Waals surface area contributed by atoms with E-state index >= 15 is 0 Å². The van der Waals surface area contributed by atoms with Gasteiger partial charge in [0.15, 0.2) is 0 Å². The Morgan fingerprint density at radius 2 is 2.37 bits per heavy atom. The van der Waals surface area contributed by atoms with Crippen LogP contribution in [0.5, 0.6) is 0 Å². The molecule has 0 amide bonds. The molecule has 0 saturated heterocycles. The number of aromatic nitrogens is 3. The van der Waals surface area contributed by atoms with Crippen molar-refractivity contribution in [1.29, 1.82) is 0 Å². The first-order chi connectivity index (χ1) is 9.20. The molecule has 1 saturated carbocycles. The van der Waals surface area contributed by atoms with Gasteiger partial charge in [-0.2, -0.15) is 5.10 Å². The minimum absolute atomic E-state index is 0.0892. The van der Waals surface area contributed by atoms with Gasteiger partial charge in [0.05, 0.1) is 18.4 Å². The Hall–Kier alpha value is -1.69. The Kier molecular flexibility index (Phi) is 3.33. The lowest BCUT2D eigenvalue weighted by atomic mass is 10.4. The van der Waals surface area contributed by atoms with Crippen LogP contribution in [0, 0.1) is 12.8 Å². The lowest BCUT2D eigenvalue weighted by molar-refractivity contribution is 0.636. The van der Waals surface area contributed by atoms with E-state index in [9.17, 15) is 4.79 Å². The topological polar surface area (TPSA) is 59.8 Å². The van der Waals surface area contributed by atoms with Gasteiger partial charge in [-0.25, -0.2) is 9.67 Å². The molecular formula is C13H16N4OS.